The second-order valence-electron chi connectivity index (χ2n) is 4.61. The zero-order valence-electron chi connectivity index (χ0n) is 12.1. The SMILES string of the molecule is COc1ccc(C)cc1C(C)NCCCOCCO. The maximum atomic E-state index is 8.59. The monoisotopic (exact) mass is 267 g/mol. The van der Waals surface area contributed by atoms with E-state index in [0.29, 0.717) is 13.2 Å². The summed E-state index contributed by atoms with van der Waals surface area (Å²) in [5, 5.41) is 12.0. The summed E-state index contributed by atoms with van der Waals surface area (Å²) in [4.78, 5) is 0. The zero-order chi connectivity index (χ0) is 14.1. The molecule has 1 rings (SSSR count). The van der Waals surface area contributed by atoms with Crippen LogP contribution in [0, 0.1) is 6.92 Å². The average Bonchev–Trinajstić information content (AvgIpc) is 2.42. The van der Waals surface area contributed by atoms with E-state index in [1.54, 1.807) is 7.11 Å². The van der Waals surface area contributed by atoms with E-state index in [1.165, 1.54) is 11.1 Å². The molecule has 0 heterocycles. The summed E-state index contributed by atoms with van der Waals surface area (Å²) in [5.74, 6) is 0.919. The molecule has 1 aromatic carbocycles. The summed E-state index contributed by atoms with van der Waals surface area (Å²) in [6, 6.07) is 6.46. The lowest BCUT2D eigenvalue weighted by Crippen LogP contribution is -2.21. The molecule has 19 heavy (non-hydrogen) atoms. The van der Waals surface area contributed by atoms with Crippen molar-refractivity contribution in [3.8, 4) is 5.75 Å². The molecule has 1 atom stereocenters. The zero-order valence-corrected chi connectivity index (χ0v) is 12.1. The van der Waals surface area contributed by atoms with Crippen molar-refractivity contribution >= 4 is 0 Å². The fourth-order valence-electron chi connectivity index (χ4n) is 1.96. The van der Waals surface area contributed by atoms with Gasteiger partial charge in [-0.05, 0) is 32.9 Å². The summed E-state index contributed by atoms with van der Waals surface area (Å²) in [7, 11) is 1.70. The summed E-state index contributed by atoms with van der Waals surface area (Å²) in [6.45, 7) is 6.27. The van der Waals surface area contributed by atoms with Crippen LogP contribution in [0.15, 0.2) is 18.2 Å². The Labute approximate surface area is 115 Å². The smallest absolute Gasteiger partial charge is 0.123 e. The number of ether oxygens (including phenoxy) is 2. The van der Waals surface area contributed by atoms with Crippen LogP contribution in [-0.2, 0) is 4.74 Å². The van der Waals surface area contributed by atoms with Crippen molar-refractivity contribution < 1.29 is 14.6 Å². The Kier molecular flexibility index (Phi) is 7.48. The lowest BCUT2D eigenvalue weighted by atomic mass is 10.0. The van der Waals surface area contributed by atoms with Crippen molar-refractivity contribution in [3.05, 3.63) is 29.3 Å². The number of methoxy groups -OCH3 is 1. The second kappa shape index (κ2) is 8.91. The summed E-state index contributed by atoms with van der Waals surface area (Å²) in [6.07, 6.45) is 0.929. The lowest BCUT2D eigenvalue weighted by molar-refractivity contribution is 0.0904. The third-order valence-corrected chi connectivity index (χ3v) is 3.00. The Hall–Kier alpha value is -1.10. The minimum absolute atomic E-state index is 0.0876. The first-order valence-corrected chi connectivity index (χ1v) is 6.75. The fraction of sp³-hybridized carbons (Fsp3) is 0.600. The lowest BCUT2D eigenvalue weighted by Gasteiger charge is -2.18. The van der Waals surface area contributed by atoms with Gasteiger partial charge in [-0.15, -0.1) is 0 Å². The molecule has 0 aliphatic carbocycles. The third-order valence-electron chi connectivity index (χ3n) is 3.00. The molecule has 0 saturated carbocycles. The van der Waals surface area contributed by atoms with Crippen LogP contribution in [0.25, 0.3) is 0 Å². The molecule has 0 radical (unpaired) electrons. The van der Waals surface area contributed by atoms with Gasteiger partial charge in [-0.3, -0.25) is 0 Å². The number of rotatable bonds is 9. The van der Waals surface area contributed by atoms with E-state index >= 15 is 0 Å². The molecule has 0 aliphatic heterocycles. The molecule has 0 amide bonds. The molecule has 1 aromatic rings. The quantitative estimate of drug-likeness (QED) is 0.672. The van der Waals surface area contributed by atoms with E-state index in [9.17, 15) is 0 Å². The van der Waals surface area contributed by atoms with Crippen molar-refractivity contribution in [1.82, 2.24) is 5.32 Å². The first-order chi connectivity index (χ1) is 9.19. The van der Waals surface area contributed by atoms with Gasteiger partial charge in [0.05, 0.1) is 20.3 Å². The van der Waals surface area contributed by atoms with E-state index in [-0.39, 0.29) is 12.6 Å². The number of benzene rings is 1. The first-order valence-electron chi connectivity index (χ1n) is 6.75. The highest BCUT2D eigenvalue weighted by molar-refractivity contribution is 5.38. The van der Waals surface area contributed by atoms with Gasteiger partial charge >= 0.3 is 0 Å². The minimum Gasteiger partial charge on any atom is -0.496 e. The molecular weight excluding hydrogens is 242 g/mol. The standard InChI is InChI=1S/C15H25NO3/c1-12-5-6-15(18-3)14(11-12)13(2)16-7-4-9-19-10-8-17/h5-6,11,13,16-17H,4,7-10H2,1-3H3. The van der Waals surface area contributed by atoms with E-state index in [4.69, 9.17) is 14.6 Å². The summed E-state index contributed by atoms with van der Waals surface area (Å²) >= 11 is 0. The van der Waals surface area contributed by atoms with Gasteiger partial charge < -0.3 is 19.9 Å². The summed E-state index contributed by atoms with van der Waals surface area (Å²) < 4.78 is 10.6. The molecular formula is C15H25NO3. The molecule has 0 aromatic heterocycles. The highest BCUT2D eigenvalue weighted by atomic mass is 16.5. The Morgan fingerprint density at radius 3 is 2.79 bits per heavy atom. The molecule has 0 spiro atoms. The Balaban J connectivity index is 2.40. The maximum absolute atomic E-state index is 8.59. The number of aliphatic hydroxyl groups is 1. The van der Waals surface area contributed by atoms with E-state index < -0.39 is 0 Å². The van der Waals surface area contributed by atoms with Gasteiger partial charge in [0.25, 0.3) is 0 Å². The Morgan fingerprint density at radius 2 is 2.11 bits per heavy atom. The van der Waals surface area contributed by atoms with Crippen molar-refractivity contribution in [2.45, 2.75) is 26.3 Å². The van der Waals surface area contributed by atoms with E-state index in [0.717, 1.165) is 18.7 Å². The third kappa shape index (κ3) is 5.59. The number of aliphatic hydroxyl groups excluding tert-OH is 1. The predicted octanol–water partition coefficient (Wildman–Crippen LogP) is 2.05. The average molecular weight is 267 g/mol. The summed E-state index contributed by atoms with van der Waals surface area (Å²) in [5.41, 5.74) is 2.41. The van der Waals surface area contributed by atoms with Crippen LogP contribution in [0.5, 0.6) is 5.75 Å². The van der Waals surface area contributed by atoms with Gasteiger partial charge in [0, 0.05) is 18.2 Å². The van der Waals surface area contributed by atoms with Crippen molar-refractivity contribution in [3.63, 3.8) is 0 Å². The molecule has 108 valence electrons. The highest BCUT2D eigenvalue weighted by Crippen LogP contribution is 2.25. The second-order valence-corrected chi connectivity index (χ2v) is 4.61. The van der Waals surface area contributed by atoms with Gasteiger partial charge in [-0.25, -0.2) is 0 Å². The van der Waals surface area contributed by atoms with E-state index in [1.807, 2.05) is 6.07 Å². The van der Waals surface area contributed by atoms with Crippen LogP contribution >= 0.6 is 0 Å². The molecule has 1 unspecified atom stereocenters. The molecule has 0 bridgehead atoms. The van der Waals surface area contributed by atoms with Gasteiger partial charge in [0.2, 0.25) is 0 Å². The largest absolute Gasteiger partial charge is 0.496 e. The molecule has 4 heteroatoms. The molecule has 0 aliphatic rings. The van der Waals surface area contributed by atoms with E-state index in [2.05, 4.69) is 31.3 Å². The van der Waals surface area contributed by atoms with Gasteiger partial charge in [0.15, 0.2) is 0 Å². The van der Waals surface area contributed by atoms with Gasteiger partial charge in [-0.1, -0.05) is 17.7 Å². The topological polar surface area (TPSA) is 50.7 Å². The normalized spacial score (nSPS) is 12.4. The van der Waals surface area contributed by atoms with Crippen LogP contribution in [0.4, 0.5) is 0 Å². The van der Waals surface area contributed by atoms with Crippen LogP contribution in [0.3, 0.4) is 0 Å². The maximum Gasteiger partial charge on any atom is 0.123 e. The number of hydrogen-bond donors (Lipinski definition) is 2. The van der Waals surface area contributed by atoms with Gasteiger partial charge in [-0.2, -0.15) is 0 Å². The minimum atomic E-state index is 0.0876. The van der Waals surface area contributed by atoms with Crippen molar-refractivity contribution in [1.29, 1.82) is 0 Å². The van der Waals surface area contributed by atoms with Crippen LogP contribution in [0.2, 0.25) is 0 Å². The number of hydrogen-bond acceptors (Lipinski definition) is 4. The van der Waals surface area contributed by atoms with Crippen molar-refractivity contribution in [2.24, 2.45) is 0 Å². The predicted molar refractivity (Wildman–Crippen MR) is 76.7 cm³/mol. The Bertz CT molecular complexity index is 368. The molecule has 2 N–H and O–H groups in total. The number of aryl methyl sites for hydroxylation is 1. The number of nitrogens with one attached hydrogen (secondary N) is 1. The van der Waals surface area contributed by atoms with Crippen LogP contribution in [0.1, 0.15) is 30.5 Å². The molecule has 4 nitrogen and oxygen atoms in total. The highest BCUT2D eigenvalue weighted by Gasteiger charge is 2.10. The van der Waals surface area contributed by atoms with Crippen LogP contribution < -0.4 is 10.1 Å². The fourth-order valence-corrected chi connectivity index (χ4v) is 1.96. The van der Waals surface area contributed by atoms with Crippen molar-refractivity contribution in [2.75, 3.05) is 33.5 Å². The van der Waals surface area contributed by atoms with Gasteiger partial charge in [0.1, 0.15) is 5.75 Å². The molecule has 0 saturated heterocycles. The first kappa shape index (κ1) is 16.0. The molecule has 0 fully saturated rings. The van der Waals surface area contributed by atoms with Crippen LogP contribution in [-0.4, -0.2) is 38.6 Å². The Morgan fingerprint density at radius 1 is 1.32 bits per heavy atom.